The highest BCUT2D eigenvalue weighted by molar-refractivity contribution is 5.60. The van der Waals surface area contributed by atoms with Crippen LogP contribution in [0.5, 0.6) is 0 Å². The van der Waals surface area contributed by atoms with Crippen molar-refractivity contribution in [2.24, 2.45) is 11.5 Å². The number of rotatable bonds is 7. The van der Waals surface area contributed by atoms with Crippen molar-refractivity contribution < 1.29 is 14.3 Å². The predicted molar refractivity (Wildman–Crippen MR) is 53.9 cm³/mol. The Morgan fingerprint density at radius 3 is 2.50 bits per heavy atom. The van der Waals surface area contributed by atoms with Gasteiger partial charge < -0.3 is 20.9 Å². The van der Waals surface area contributed by atoms with Crippen molar-refractivity contribution in [3.8, 4) is 0 Å². The molecule has 0 spiro atoms. The van der Waals surface area contributed by atoms with Crippen LogP contribution in [0.25, 0.3) is 0 Å². The summed E-state index contributed by atoms with van der Waals surface area (Å²) in [5.74, 6) is 0. The Morgan fingerprint density at radius 2 is 2.00 bits per heavy atom. The van der Waals surface area contributed by atoms with Crippen molar-refractivity contribution >= 4 is 6.16 Å². The molecule has 0 amide bonds. The lowest BCUT2D eigenvalue weighted by Crippen LogP contribution is -2.23. The molecule has 5 nitrogen and oxygen atoms in total. The summed E-state index contributed by atoms with van der Waals surface area (Å²) in [6.45, 7) is 3.14. The van der Waals surface area contributed by atoms with Gasteiger partial charge in [-0.25, -0.2) is 4.79 Å². The third kappa shape index (κ3) is 6.68. The fourth-order valence-electron chi connectivity index (χ4n) is 1.08. The van der Waals surface area contributed by atoms with E-state index in [-0.39, 0.29) is 6.10 Å². The fourth-order valence-corrected chi connectivity index (χ4v) is 1.08. The van der Waals surface area contributed by atoms with Crippen molar-refractivity contribution in [3.63, 3.8) is 0 Å². The van der Waals surface area contributed by atoms with Crippen LogP contribution in [0, 0.1) is 0 Å². The summed E-state index contributed by atoms with van der Waals surface area (Å²) in [5.41, 5.74) is 10.7. The van der Waals surface area contributed by atoms with E-state index >= 15 is 0 Å². The van der Waals surface area contributed by atoms with Gasteiger partial charge in [-0.15, -0.1) is 0 Å². The number of ether oxygens (including phenoxy) is 2. The van der Waals surface area contributed by atoms with E-state index in [2.05, 4.69) is 4.74 Å². The quantitative estimate of drug-likeness (QED) is 0.593. The average molecular weight is 204 g/mol. The third-order valence-electron chi connectivity index (χ3n) is 1.74. The van der Waals surface area contributed by atoms with E-state index < -0.39 is 6.16 Å². The van der Waals surface area contributed by atoms with Crippen LogP contribution in [0.1, 0.15) is 26.2 Å². The summed E-state index contributed by atoms with van der Waals surface area (Å²) < 4.78 is 9.70. The van der Waals surface area contributed by atoms with Crippen molar-refractivity contribution in [3.05, 3.63) is 0 Å². The monoisotopic (exact) mass is 204 g/mol. The van der Waals surface area contributed by atoms with Crippen molar-refractivity contribution in [2.45, 2.75) is 32.3 Å². The van der Waals surface area contributed by atoms with Gasteiger partial charge in [-0.05, 0) is 39.3 Å². The lowest BCUT2D eigenvalue weighted by molar-refractivity contribution is 0.0210. The molecule has 0 aliphatic rings. The first-order valence-electron chi connectivity index (χ1n) is 4.98. The molecule has 84 valence electrons. The normalized spacial score (nSPS) is 12.2. The molecular weight excluding hydrogens is 184 g/mol. The SMILES string of the molecule is CCOC(=O)OC(CCN)CCCN. The van der Waals surface area contributed by atoms with Crippen molar-refractivity contribution in [1.29, 1.82) is 0 Å². The molecule has 1 atom stereocenters. The zero-order chi connectivity index (χ0) is 10.8. The second-order valence-corrected chi connectivity index (χ2v) is 2.93. The van der Waals surface area contributed by atoms with Crippen LogP contribution >= 0.6 is 0 Å². The van der Waals surface area contributed by atoms with E-state index in [1.165, 1.54) is 0 Å². The Hall–Kier alpha value is -0.810. The molecule has 0 fully saturated rings. The average Bonchev–Trinajstić information content (AvgIpc) is 2.15. The zero-order valence-corrected chi connectivity index (χ0v) is 8.70. The predicted octanol–water partition coefficient (Wildman–Crippen LogP) is 0.616. The van der Waals surface area contributed by atoms with E-state index in [4.69, 9.17) is 16.2 Å². The lowest BCUT2D eigenvalue weighted by atomic mass is 10.1. The second-order valence-electron chi connectivity index (χ2n) is 2.93. The van der Waals surface area contributed by atoms with E-state index in [0.717, 1.165) is 12.8 Å². The van der Waals surface area contributed by atoms with Gasteiger partial charge >= 0.3 is 6.16 Å². The first kappa shape index (κ1) is 13.2. The number of hydrogen-bond acceptors (Lipinski definition) is 5. The maximum atomic E-state index is 11.0. The van der Waals surface area contributed by atoms with Gasteiger partial charge in [0.1, 0.15) is 6.10 Å². The molecule has 0 aromatic heterocycles. The Balaban J connectivity index is 3.75. The van der Waals surface area contributed by atoms with E-state index in [0.29, 0.717) is 26.1 Å². The number of hydrogen-bond donors (Lipinski definition) is 2. The number of nitrogens with two attached hydrogens (primary N) is 2. The zero-order valence-electron chi connectivity index (χ0n) is 8.70. The van der Waals surface area contributed by atoms with Gasteiger partial charge in [-0.3, -0.25) is 0 Å². The van der Waals surface area contributed by atoms with Crippen LogP contribution in [-0.4, -0.2) is 32.0 Å². The van der Waals surface area contributed by atoms with E-state index in [9.17, 15) is 4.79 Å². The Bertz CT molecular complexity index is 153. The Kier molecular flexibility index (Phi) is 8.27. The number of carbonyl (C=O) groups excluding carboxylic acids is 1. The van der Waals surface area contributed by atoms with Gasteiger partial charge in [0.2, 0.25) is 0 Å². The van der Waals surface area contributed by atoms with Crippen LogP contribution in [0.4, 0.5) is 4.79 Å². The van der Waals surface area contributed by atoms with Crippen LogP contribution in [0.2, 0.25) is 0 Å². The number of carbonyl (C=O) groups is 1. The molecule has 0 saturated heterocycles. The fraction of sp³-hybridized carbons (Fsp3) is 0.889. The molecule has 0 radical (unpaired) electrons. The molecule has 0 rings (SSSR count). The van der Waals surface area contributed by atoms with Gasteiger partial charge in [-0.1, -0.05) is 0 Å². The van der Waals surface area contributed by atoms with Crippen LogP contribution in [0.3, 0.4) is 0 Å². The molecule has 4 N–H and O–H groups in total. The molecule has 0 heterocycles. The van der Waals surface area contributed by atoms with Gasteiger partial charge in [0.25, 0.3) is 0 Å². The van der Waals surface area contributed by atoms with Gasteiger partial charge in [0, 0.05) is 0 Å². The molecule has 0 aliphatic carbocycles. The summed E-state index contributed by atoms with van der Waals surface area (Å²) in [6, 6.07) is 0. The third-order valence-corrected chi connectivity index (χ3v) is 1.74. The molecule has 0 aromatic carbocycles. The van der Waals surface area contributed by atoms with Crippen LogP contribution in [0.15, 0.2) is 0 Å². The minimum absolute atomic E-state index is 0.164. The summed E-state index contributed by atoms with van der Waals surface area (Å²) in [5, 5.41) is 0. The highest BCUT2D eigenvalue weighted by Crippen LogP contribution is 2.07. The highest BCUT2D eigenvalue weighted by Gasteiger charge is 2.13. The molecular formula is C9H20N2O3. The maximum absolute atomic E-state index is 11.0. The Morgan fingerprint density at radius 1 is 1.29 bits per heavy atom. The smallest absolute Gasteiger partial charge is 0.435 e. The van der Waals surface area contributed by atoms with Crippen molar-refractivity contribution in [2.75, 3.05) is 19.7 Å². The summed E-state index contributed by atoms with van der Waals surface area (Å²) >= 11 is 0. The van der Waals surface area contributed by atoms with Crippen LogP contribution < -0.4 is 11.5 Å². The first-order valence-corrected chi connectivity index (χ1v) is 4.98. The van der Waals surface area contributed by atoms with E-state index in [1.54, 1.807) is 6.92 Å². The summed E-state index contributed by atoms with van der Waals surface area (Å²) in [6.07, 6.45) is 1.43. The molecule has 0 bridgehead atoms. The minimum atomic E-state index is -0.622. The lowest BCUT2D eigenvalue weighted by Gasteiger charge is -2.15. The highest BCUT2D eigenvalue weighted by atomic mass is 16.7. The first-order chi connectivity index (χ1) is 6.74. The van der Waals surface area contributed by atoms with Gasteiger partial charge in [0.05, 0.1) is 6.61 Å². The molecule has 0 aliphatic heterocycles. The largest absolute Gasteiger partial charge is 0.508 e. The maximum Gasteiger partial charge on any atom is 0.508 e. The summed E-state index contributed by atoms with van der Waals surface area (Å²) in [4.78, 5) is 11.0. The molecule has 0 aromatic rings. The topological polar surface area (TPSA) is 87.6 Å². The van der Waals surface area contributed by atoms with Gasteiger partial charge in [0.15, 0.2) is 0 Å². The molecule has 14 heavy (non-hydrogen) atoms. The minimum Gasteiger partial charge on any atom is -0.435 e. The van der Waals surface area contributed by atoms with Gasteiger partial charge in [-0.2, -0.15) is 0 Å². The summed E-state index contributed by atoms with van der Waals surface area (Å²) in [7, 11) is 0. The van der Waals surface area contributed by atoms with Crippen molar-refractivity contribution in [1.82, 2.24) is 0 Å². The molecule has 5 heteroatoms. The van der Waals surface area contributed by atoms with E-state index in [1.807, 2.05) is 0 Å². The second kappa shape index (κ2) is 8.77. The molecule has 1 unspecified atom stereocenters. The Labute approximate surface area is 84.7 Å². The van der Waals surface area contributed by atoms with Crippen LogP contribution in [-0.2, 0) is 9.47 Å². The standard InChI is InChI=1S/C9H20N2O3/c1-2-13-9(12)14-8(5-7-11)4-3-6-10/h8H,2-7,10-11H2,1H3. The molecule has 0 saturated carbocycles.